The number of hydrogen-bond acceptors (Lipinski definition) is 3. The van der Waals surface area contributed by atoms with Crippen molar-refractivity contribution < 1.29 is 4.79 Å². The Kier molecular flexibility index (Phi) is 8.00. The van der Waals surface area contributed by atoms with Crippen LogP contribution in [0.3, 0.4) is 0 Å². The molecular formula is C27H37N5O. The fourth-order valence-electron chi connectivity index (χ4n) is 5.26. The first-order valence-corrected chi connectivity index (χ1v) is 12.3. The number of piperidine rings is 2. The summed E-state index contributed by atoms with van der Waals surface area (Å²) in [6.45, 7) is 7.62. The molecule has 0 bridgehead atoms. The number of aliphatic imine (C=N–C) groups is 1. The van der Waals surface area contributed by atoms with Crippen LogP contribution in [-0.4, -0.2) is 60.9 Å². The van der Waals surface area contributed by atoms with E-state index in [2.05, 4.69) is 55.8 Å². The van der Waals surface area contributed by atoms with Gasteiger partial charge in [-0.1, -0.05) is 42.5 Å². The Morgan fingerprint density at radius 2 is 1.79 bits per heavy atom. The molecule has 2 N–H and O–H groups in total. The lowest BCUT2D eigenvalue weighted by atomic mass is 9.83. The summed E-state index contributed by atoms with van der Waals surface area (Å²) in [6, 6.07) is 19.3. The molecule has 2 fully saturated rings. The van der Waals surface area contributed by atoms with E-state index in [1.807, 2.05) is 38.2 Å². The summed E-state index contributed by atoms with van der Waals surface area (Å²) in [4.78, 5) is 21.7. The molecule has 6 heteroatoms. The molecule has 2 aliphatic rings. The van der Waals surface area contributed by atoms with E-state index in [-0.39, 0.29) is 5.91 Å². The third-order valence-electron chi connectivity index (χ3n) is 6.93. The zero-order chi connectivity index (χ0) is 23.0. The molecule has 4 rings (SSSR count). The van der Waals surface area contributed by atoms with Crippen molar-refractivity contribution in [1.82, 2.24) is 20.4 Å². The molecule has 0 spiro atoms. The van der Waals surface area contributed by atoms with Crippen LogP contribution < -0.4 is 10.6 Å². The van der Waals surface area contributed by atoms with Gasteiger partial charge in [-0.3, -0.25) is 14.7 Å². The number of amides is 1. The molecule has 6 nitrogen and oxygen atoms in total. The highest BCUT2D eigenvalue weighted by molar-refractivity contribution is 5.94. The maximum atomic E-state index is 12.0. The van der Waals surface area contributed by atoms with E-state index in [1.165, 1.54) is 31.4 Å². The molecule has 33 heavy (non-hydrogen) atoms. The third-order valence-corrected chi connectivity index (χ3v) is 6.93. The van der Waals surface area contributed by atoms with Crippen LogP contribution in [0.2, 0.25) is 0 Å². The first-order chi connectivity index (χ1) is 16.2. The third kappa shape index (κ3) is 5.93. The van der Waals surface area contributed by atoms with Gasteiger partial charge < -0.3 is 15.5 Å². The molecule has 2 aromatic carbocycles. The molecule has 0 radical (unpaired) electrons. The maximum absolute atomic E-state index is 12.0. The van der Waals surface area contributed by atoms with E-state index < -0.39 is 0 Å². The van der Waals surface area contributed by atoms with Gasteiger partial charge in [0.15, 0.2) is 5.96 Å². The SMILES string of the molecule is CCNC(=O)c1ccc(CNC(=NC)N2CCC3C(CCCN3Cc3ccccc3)C2)cc1. The minimum absolute atomic E-state index is 0.0236. The molecule has 2 unspecified atom stereocenters. The molecule has 176 valence electrons. The Hall–Kier alpha value is -2.86. The average molecular weight is 448 g/mol. The minimum Gasteiger partial charge on any atom is -0.352 e. The topological polar surface area (TPSA) is 60.0 Å². The second kappa shape index (κ2) is 11.3. The summed E-state index contributed by atoms with van der Waals surface area (Å²) >= 11 is 0. The Morgan fingerprint density at radius 1 is 1.00 bits per heavy atom. The number of nitrogens with zero attached hydrogens (tertiary/aromatic N) is 3. The van der Waals surface area contributed by atoms with Crippen LogP contribution in [0.25, 0.3) is 0 Å². The molecule has 0 aliphatic carbocycles. The highest BCUT2D eigenvalue weighted by Gasteiger charge is 2.36. The summed E-state index contributed by atoms with van der Waals surface area (Å²) in [5.74, 6) is 1.64. The minimum atomic E-state index is -0.0236. The Bertz CT molecular complexity index is 927. The molecule has 2 aromatic rings. The first kappa shape index (κ1) is 23.3. The highest BCUT2D eigenvalue weighted by atomic mass is 16.1. The van der Waals surface area contributed by atoms with Crippen molar-refractivity contribution in [2.45, 2.75) is 45.3 Å². The standard InChI is InChI=1S/C27H37N5O/c1-3-29-26(33)23-13-11-21(12-14-23)18-30-27(28-2)32-17-15-25-24(20-32)10-7-16-31(25)19-22-8-5-4-6-9-22/h4-6,8-9,11-14,24-25H,3,7,10,15-20H2,1-2H3,(H,28,30)(H,29,33). The van der Waals surface area contributed by atoms with Crippen molar-refractivity contribution in [1.29, 1.82) is 0 Å². The number of guanidine groups is 1. The Balaban J connectivity index is 1.31. The molecule has 2 heterocycles. The maximum Gasteiger partial charge on any atom is 0.251 e. The Morgan fingerprint density at radius 3 is 2.52 bits per heavy atom. The summed E-state index contributed by atoms with van der Waals surface area (Å²) in [6.07, 6.45) is 3.75. The van der Waals surface area contributed by atoms with E-state index in [4.69, 9.17) is 0 Å². The number of likely N-dealkylation sites (tertiary alicyclic amines) is 2. The van der Waals surface area contributed by atoms with Crippen molar-refractivity contribution in [3.63, 3.8) is 0 Å². The molecule has 0 saturated carbocycles. The monoisotopic (exact) mass is 447 g/mol. The zero-order valence-electron chi connectivity index (χ0n) is 20.0. The lowest BCUT2D eigenvalue weighted by Gasteiger charge is -2.48. The number of benzene rings is 2. The van der Waals surface area contributed by atoms with E-state index in [1.54, 1.807) is 0 Å². The summed E-state index contributed by atoms with van der Waals surface area (Å²) < 4.78 is 0. The van der Waals surface area contributed by atoms with Gasteiger partial charge in [-0.05, 0) is 61.9 Å². The number of hydrogen-bond donors (Lipinski definition) is 2. The van der Waals surface area contributed by atoms with Gasteiger partial charge in [0.25, 0.3) is 5.91 Å². The van der Waals surface area contributed by atoms with Crippen molar-refractivity contribution in [3.8, 4) is 0 Å². The number of rotatable bonds is 6. The van der Waals surface area contributed by atoms with Crippen molar-refractivity contribution in [2.24, 2.45) is 10.9 Å². The summed E-state index contributed by atoms with van der Waals surface area (Å²) in [5, 5.41) is 6.38. The molecule has 1 amide bonds. The van der Waals surface area contributed by atoms with E-state index in [0.717, 1.165) is 31.2 Å². The van der Waals surface area contributed by atoms with Gasteiger partial charge in [0.1, 0.15) is 0 Å². The van der Waals surface area contributed by atoms with Crippen molar-refractivity contribution >= 4 is 11.9 Å². The Labute approximate surface area is 198 Å². The smallest absolute Gasteiger partial charge is 0.251 e. The number of carbonyl (C=O) groups is 1. The van der Waals surface area contributed by atoms with Crippen LogP contribution in [0, 0.1) is 5.92 Å². The first-order valence-electron chi connectivity index (χ1n) is 12.3. The molecule has 0 aromatic heterocycles. The summed E-state index contributed by atoms with van der Waals surface area (Å²) in [7, 11) is 1.87. The normalized spacial score (nSPS) is 21.4. The molecule has 2 atom stereocenters. The number of carbonyl (C=O) groups excluding carboxylic acids is 1. The molecule has 2 saturated heterocycles. The molecular weight excluding hydrogens is 410 g/mol. The molecule has 2 aliphatic heterocycles. The van der Waals surface area contributed by atoms with Gasteiger partial charge in [0.2, 0.25) is 0 Å². The van der Waals surface area contributed by atoms with Gasteiger partial charge in [-0.2, -0.15) is 0 Å². The fourth-order valence-corrected chi connectivity index (χ4v) is 5.26. The average Bonchev–Trinajstić information content (AvgIpc) is 2.85. The van der Waals surface area contributed by atoms with Crippen molar-refractivity contribution in [2.75, 3.05) is 33.2 Å². The van der Waals surface area contributed by atoms with Gasteiger partial charge in [0, 0.05) is 51.4 Å². The van der Waals surface area contributed by atoms with Crippen LogP contribution in [0.4, 0.5) is 0 Å². The van der Waals surface area contributed by atoms with Gasteiger partial charge in [-0.25, -0.2) is 0 Å². The summed E-state index contributed by atoms with van der Waals surface area (Å²) in [5.41, 5.74) is 3.26. The van der Waals surface area contributed by atoms with E-state index in [9.17, 15) is 4.79 Å². The predicted molar refractivity (Wildman–Crippen MR) is 134 cm³/mol. The van der Waals surface area contributed by atoms with Gasteiger partial charge >= 0.3 is 0 Å². The van der Waals surface area contributed by atoms with Crippen molar-refractivity contribution in [3.05, 3.63) is 71.3 Å². The fraction of sp³-hybridized carbons (Fsp3) is 0.481. The second-order valence-corrected chi connectivity index (χ2v) is 9.12. The second-order valence-electron chi connectivity index (χ2n) is 9.12. The van der Waals surface area contributed by atoms with E-state index in [0.29, 0.717) is 30.6 Å². The zero-order valence-corrected chi connectivity index (χ0v) is 20.0. The lowest BCUT2D eigenvalue weighted by Crippen LogP contribution is -2.56. The highest BCUT2D eigenvalue weighted by Crippen LogP contribution is 2.31. The number of nitrogens with one attached hydrogen (secondary N) is 2. The van der Waals surface area contributed by atoms with Crippen LogP contribution in [0.5, 0.6) is 0 Å². The van der Waals surface area contributed by atoms with Gasteiger partial charge in [-0.15, -0.1) is 0 Å². The van der Waals surface area contributed by atoms with Gasteiger partial charge in [0.05, 0.1) is 0 Å². The van der Waals surface area contributed by atoms with Crippen LogP contribution in [0.15, 0.2) is 59.6 Å². The van der Waals surface area contributed by atoms with Crippen LogP contribution >= 0.6 is 0 Å². The largest absolute Gasteiger partial charge is 0.352 e. The lowest BCUT2D eigenvalue weighted by molar-refractivity contribution is 0.0372. The number of fused-ring (bicyclic) bond motifs is 1. The van der Waals surface area contributed by atoms with Crippen LogP contribution in [0.1, 0.15) is 47.7 Å². The quantitative estimate of drug-likeness (QED) is 0.526. The van der Waals surface area contributed by atoms with E-state index >= 15 is 0 Å². The predicted octanol–water partition coefficient (Wildman–Crippen LogP) is 3.50. The van der Waals surface area contributed by atoms with Crippen LogP contribution in [-0.2, 0) is 13.1 Å².